The molecule has 0 aliphatic carbocycles. The van der Waals surface area contributed by atoms with Crippen LogP contribution in [0.1, 0.15) is 30.6 Å². The van der Waals surface area contributed by atoms with Gasteiger partial charge < -0.3 is 21.1 Å². The van der Waals surface area contributed by atoms with Gasteiger partial charge >= 0.3 is 0 Å². The Hall–Kier alpha value is -1.75. The van der Waals surface area contributed by atoms with E-state index in [1.54, 1.807) is 12.1 Å². The standard InChI is InChI=1S/C14H23N3O2/c1-3-16-14(18)11-6-7-13(12(15)10-11)17-8-5-9-19-4-2/h6-7,10,17H,3-5,8-9,15H2,1-2H3,(H,16,18). The van der Waals surface area contributed by atoms with E-state index in [4.69, 9.17) is 10.5 Å². The number of rotatable bonds is 8. The van der Waals surface area contributed by atoms with Crippen LogP contribution in [0.3, 0.4) is 0 Å². The molecule has 0 heterocycles. The fourth-order valence-electron chi connectivity index (χ4n) is 1.67. The lowest BCUT2D eigenvalue weighted by Gasteiger charge is -2.11. The Balaban J connectivity index is 2.50. The third-order valence-corrected chi connectivity index (χ3v) is 2.64. The quantitative estimate of drug-likeness (QED) is 0.495. The molecule has 19 heavy (non-hydrogen) atoms. The molecular formula is C14H23N3O2. The van der Waals surface area contributed by atoms with Crippen molar-refractivity contribution >= 4 is 17.3 Å². The van der Waals surface area contributed by atoms with E-state index in [2.05, 4.69) is 10.6 Å². The van der Waals surface area contributed by atoms with Crippen LogP contribution in [0.15, 0.2) is 18.2 Å². The van der Waals surface area contributed by atoms with Crippen molar-refractivity contribution in [3.63, 3.8) is 0 Å². The molecular weight excluding hydrogens is 242 g/mol. The van der Waals surface area contributed by atoms with Crippen molar-refractivity contribution in [2.24, 2.45) is 0 Å². The molecule has 5 heteroatoms. The molecule has 0 spiro atoms. The summed E-state index contributed by atoms with van der Waals surface area (Å²) in [6.45, 7) is 6.74. The molecule has 4 N–H and O–H groups in total. The fourth-order valence-corrected chi connectivity index (χ4v) is 1.67. The second kappa shape index (κ2) is 8.37. The molecule has 1 rings (SSSR count). The maximum atomic E-state index is 11.6. The Morgan fingerprint density at radius 2 is 2.16 bits per heavy atom. The van der Waals surface area contributed by atoms with Crippen LogP contribution in [0.5, 0.6) is 0 Å². The minimum Gasteiger partial charge on any atom is -0.397 e. The highest BCUT2D eigenvalue weighted by Gasteiger charge is 2.06. The molecule has 0 saturated carbocycles. The van der Waals surface area contributed by atoms with Gasteiger partial charge in [-0.2, -0.15) is 0 Å². The van der Waals surface area contributed by atoms with E-state index in [1.807, 2.05) is 19.9 Å². The lowest BCUT2D eigenvalue weighted by atomic mass is 10.1. The lowest BCUT2D eigenvalue weighted by Crippen LogP contribution is -2.22. The van der Waals surface area contributed by atoms with Crippen LogP contribution in [-0.2, 0) is 4.74 Å². The largest absolute Gasteiger partial charge is 0.397 e. The summed E-state index contributed by atoms with van der Waals surface area (Å²) < 4.78 is 5.25. The number of amides is 1. The van der Waals surface area contributed by atoms with Crippen molar-refractivity contribution in [2.75, 3.05) is 37.4 Å². The van der Waals surface area contributed by atoms with Gasteiger partial charge in [0, 0.05) is 31.9 Å². The smallest absolute Gasteiger partial charge is 0.251 e. The minimum atomic E-state index is -0.0999. The van der Waals surface area contributed by atoms with Gasteiger partial charge in [0.25, 0.3) is 5.91 Å². The van der Waals surface area contributed by atoms with E-state index in [0.29, 0.717) is 17.8 Å². The molecule has 0 bridgehead atoms. The second-order valence-corrected chi connectivity index (χ2v) is 4.14. The summed E-state index contributed by atoms with van der Waals surface area (Å²) >= 11 is 0. The summed E-state index contributed by atoms with van der Waals surface area (Å²) in [5, 5.41) is 5.98. The topological polar surface area (TPSA) is 76.4 Å². The molecule has 0 atom stereocenters. The number of nitrogen functional groups attached to an aromatic ring is 1. The number of ether oxygens (including phenoxy) is 1. The van der Waals surface area contributed by atoms with Crippen molar-refractivity contribution in [1.82, 2.24) is 5.32 Å². The molecule has 1 amide bonds. The van der Waals surface area contributed by atoms with Crippen LogP contribution in [0.2, 0.25) is 0 Å². The average Bonchev–Trinajstić information content (AvgIpc) is 2.40. The van der Waals surface area contributed by atoms with Crippen LogP contribution in [-0.4, -0.2) is 32.2 Å². The Bertz CT molecular complexity index is 408. The Kier molecular flexibility index (Phi) is 6.74. The predicted molar refractivity (Wildman–Crippen MR) is 78.5 cm³/mol. The zero-order valence-corrected chi connectivity index (χ0v) is 11.7. The highest BCUT2D eigenvalue weighted by atomic mass is 16.5. The minimum absolute atomic E-state index is 0.0999. The Labute approximate surface area is 114 Å². The van der Waals surface area contributed by atoms with Gasteiger partial charge in [0.1, 0.15) is 0 Å². The van der Waals surface area contributed by atoms with Gasteiger partial charge in [-0.3, -0.25) is 4.79 Å². The first-order chi connectivity index (χ1) is 9.19. The van der Waals surface area contributed by atoms with Crippen LogP contribution < -0.4 is 16.4 Å². The van der Waals surface area contributed by atoms with Gasteiger partial charge in [0.2, 0.25) is 0 Å². The number of anilines is 2. The average molecular weight is 265 g/mol. The maximum Gasteiger partial charge on any atom is 0.251 e. The summed E-state index contributed by atoms with van der Waals surface area (Å²) in [5.41, 5.74) is 7.94. The van der Waals surface area contributed by atoms with Crippen molar-refractivity contribution in [1.29, 1.82) is 0 Å². The fraction of sp³-hybridized carbons (Fsp3) is 0.500. The maximum absolute atomic E-state index is 11.6. The van der Waals surface area contributed by atoms with Gasteiger partial charge in [-0.25, -0.2) is 0 Å². The number of nitrogens with one attached hydrogen (secondary N) is 2. The summed E-state index contributed by atoms with van der Waals surface area (Å²) in [6.07, 6.45) is 0.922. The van der Waals surface area contributed by atoms with Gasteiger partial charge in [0.05, 0.1) is 11.4 Å². The van der Waals surface area contributed by atoms with Gasteiger partial charge in [-0.05, 0) is 38.5 Å². The number of hydrogen-bond donors (Lipinski definition) is 3. The molecule has 0 aliphatic rings. The van der Waals surface area contributed by atoms with E-state index in [9.17, 15) is 4.79 Å². The predicted octanol–water partition coefficient (Wildman–Crippen LogP) is 1.86. The summed E-state index contributed by atoms with van der Waals surface area (Å²) in [7, 11) is 0. The van der Waals surface area contributed by atoms with Crippen LogP contribution in [0, 0.1) is 0 Å². The van der Waals surface area contributed by atoms with Gasteiger partial charge in [0.15, 0.2) is 0 Å². The van der Waals surface area contributed by atoms with Crippen LogP contribution >= 0.6 is 0 Å². The first-order valence-electron chi connectivity index (χ1n) is 6.68. The summed E-state index contributed by atoms with van der Waals surface area (Å²) in [6, 6.07) is 5.29. The Morgan fingerprint density at radius 1 is 1.37 bits per heavy atom. The number of nitrogens with two attached hydrogens (primary N) is 1. The van der Waals surface area contributed by atoms with E-state index in [0.717, 1.165) is 31.9 Å². The van der Waals surface area contributed by atoms with Crippen LogP contribution in [0.4, 0.5) is 11.4 Å². The molecule has 0 fully saturated rings. The molecule has 0 aliphatic heterocycles. The highest BCUT2D eigenvalue weighted by molar-refractivity contribution is 5.96. The third-order valence-electron chi connectivity index (χ3n) is 2.64. The lowest BCUT2D eigenvalue weighted by molar-refractivity contribution is 0.0956. The van der Waals surface area contributed by atoms with Gasteiger partial charge in [-0.15, -0.1) is 0 Å². The van der Waals surface area contributed by atoms with Crippen molar-refractivity contribution in [2.45, 2.75) is 20.3 Å². The first kappa shape index (κ1) is 15.3. The number of carbonyl (C=O) groups is 1. The van der Waals surface area contributed by atoms with Crippen LogP contribution in [0.25, 0.3) is 0 Å². The summed E-state index contributed by atoms with van der Waals surface area (Å²) in [5.74, 6) is -0.0999. The molecule has 0 saturated heterocycles. The molecule has 0 radical (unpaired) electrons. The third kappa shape index (κ3) is 5.18. The normalized spacial score (nSPS) is 10.2. The highest BCUT2D eigenvalue weighted by Crippen LogP contribution is 2.19. The Morgan fingerprint density at radius 3 is 2.79 bits per heavy atom. The molecule has 106 valence electrons. The van der Waals surface area contributed by atoms with E-state index >= 15 is 0 Å². The second-order valence-electron chi connectivity index (χ2n) is 4.14. The number of hydrogen-bond acceptors (Lipinski definition) is 4. The molecule has 0 aromatic heterocycles. The molecule has 1 aromatic carbocycles. The van der Waals surface area contributed by atoms with E-state index < -0.39 is 0 Å². The van der Waals surface area contributed by atoms with E-state index in [-0.39, 0.29) is 5.91 Å². The van der Waals surface area contributed by atoms with Gasteiger partial charge in [-0.1, -0.05) is 0 Å². The van der Waals surface area contributed by atoms with Crippen molar-refractivity contribution in [3.8, 4) is 0 Å². The van der Waals surface area contributed by atoms with Crippen molar-refractivity contribution in [3.05, 3.63) is 23.8 Å². The number of benzene rings is 1. The monoisotopic (exact) mass is 265 g/mol. The SMILES string of the molecule is CCNC(=O)c1ccc(NCCCOCC)c(N)c1. The zero-order valence-electron chi connectivity index (χ0n) is 11.7. The zero-order chi connectivity index (χ0) is 14.1. The van der Waals surface area contributed by atoms with Crippen molar-refractivity contribution < 1.29 is 9.53 Å². The molecule has 0 unspecified atom stereocenters. The molecule has 1 aromatic rings. The molecule has 5 nitrogen and oxygen atoms in total. The summed E-state index contributed by atoms with van der Waals surface area (Å²) in [4.78, 5) is 11.6. The number of carbonyl (C=O) groups excluding carboxylic acids is 1. The first-order valence-corrected chi connectivity index (χ1v) is 6.68. The van der Waals surface area contributed by atoms with E-state index in [1.165, 1.54) is 0 Å².